The van der Waals surface area contributed by atoms with E-state index in [2.05, 4.69) is 39.9 Å². The predicted molar refractivity (Wildman–Crippen MR) is 99.1 cm³/mol. The molecule has 0 saturated heterocycles. The molecule has 1 aromatic carbocycles. The Bertz CT molecular complexity index is 498. The molecular weight excluding hydrogens is 306 g/mol. The van der Waals surface area contributed by atoms with Crippen LogP contribution in [0.5, 0.6) is 11.5 Å². The van der Waals surface area contributed by atoms with Crippen LogP contribution in [-0.2, 0) is 4.43 Å². The third kappa shape index (κ3) is 5.23. The van der Waals surface area contributed by atoms with Gasteiger partial charge in [-0.3, -0.25) is 0 Å². The lowest BCUT2D eigenvalue weighted by Gasteiger charge is -2.36. The summed E-state index contributed by atoms with van der Waals surface area (Å²) >= 11 is 0. The van der Waals surface area contributed by atoms with Crippen molar-refractivity contribution in [3.05, 3.63) is 23.8 Å². The second-order valence-corrected chi connectivity index (χ2v) is 12.3. The van der Waals surface area contributed by atoms with Gasteiger partial charge in [0, 0.05) is 6.61 Å². The molecule has 23 heavy (non-hydrogen) atoms. The minimum absolute atomic E-state index is 0.231. The minimum Gasteiger partial charge on any atom is -0.493 e. The molecule has 0 aliphatic heterocycles. The molecule has 5 heteroatoms. The summed E-state index contributed by atoms with van der Waals surface area (Å²) < 4.78 is 17.0. The van der Waals surface area contributed by atoms with Crippen LogP contribution in [0.2, 0.25) is 18.1 Å². The molecule has 0 radical (unpaired) electrons. The van der Waals surface area contributed by atoms with Crippen LogP contribution in [-0.4, -0.2) is 35.7 Å². The summed E-state index contributed by atoms with van der Waals surface area (Å²) in [6.45, 7) is 12.7. The third-order valence-electron chi connectivity index (χ3n) is 4.90. The van der Waals surface area contributed by atoms with Crippen LogP contribution < -0.4 is 15.2 Å². The second kappa shape index (κ2) is 8.17. The molecule has 2 N–H and O–H groups in total. The van der Waals surface area contributed by atoms with Gasteiger partial charge in [-0.25, -0.2) is 0 Å². The molecule has 0 heterocycles. The highest BCUT2D eigenvalue weighted by Gasteiger charge is 2.37. The van der Waals surface area contributed by atoms with E-state index in [1.165, 1.54) is 5.56 Å². The standard InChI is InChI=1S/C18H33NO3Si/c1-18(2,3)23(6,7)22-11-10-15(13-19)14-8-9-16(20-4)17(12-14)21-5/h8-9,12,15H,10-11,13,19H2,1-7H3. The summed E-state index contributed by atoms with van der Waals surface area (Å²) in [5.41, 5.74) is 7.16. The maximum absolute atomic E-state index is 6.28. The number of methoxy groups -OCH3 is 2. The molecule has 0 saturated carbocycles. The second-order valence-electron chi connectivity index (χ2n) is 7.44. The van der Waals surface area contributed by atoms with Gasteiger partial charge in [0.15, 0.2) is 19.8 Å². The fourth-order valence-corrected chi connectivity index (χ4v) is 3.26. The van der Waals surface area contributed by atoms with Gasteiger partial charge in [0.2, 0.25) is 0 Å². The molecular formula is C18H33NO3Si. The van der Waals surface area contributed by atoms with Gasteiger partial charge in [0.05, 0.1) is 14.2 Å². The van der Waals surface area contributed by atoms with E-state index >= 15 is 0 Å². The topological polar surface area (TPSA) is 53.7 Å². The SMILES string of the molecule is COc1ccc(C(CN)CCO[Si](C)(C)C(C)(C)C)cc1OC. The van der Waals surface area contributed by atoms with Gasteiger partial charge >= 0.3 is 0 Å². The highest BCUT2D eigenvalue weighted by Crippen LogP contribution is 2.37. The third-order valence-corrected chi connectivity index (χ3v) is 9.44. The Hall–Kier alpha value is -1.04. The summed E-state index contributed by atoms with van der Waals surface area (Å²) in [5, 5.41) is 0.231. The number of hydrogen-bond donors (Lipinski definition) is 1. The van der Waals surface area contributed by atoms with Crippen LogP contribution in [0.15, 0.2) is 18.2 Å². The molecule has 0 aliphatic carbocycles. The molecule has 0 aliphatic rings. The van der Waals surface area contributed by atoms with Crippen molar-refractivity contribution in [1.29, 1.82) is 0 Å². The maximum atomic E-state index is 6.28. The zero-order chi connectivity index (χ0) is 17.7. The molecule has 1 unspecified atom stereocenters. The van der Waals surface area contributed by atoms with Crippen LogP contribution in [0, 0.1) is 0 Å². The Morgan fingerprint density at radius 2 is 1.70 bits per heavy atom. The molecule has 0 spiro atoms. The first-order valence-corrected chi connectivity index (χ1v) is 11.1. The van der Waals surface area contributed by atoms with Crippen LogP contribution in [0.25, 0.3) is 0 Å². The Morgan fingerprint density at radius 1 is 1.09 bits per heavy atom. The fraction of sp³-hybridized carbons (Fsp3) is 0.667. The smallest absolute Gasteiger partial charge is 0.191 e. The molecule has 0 fully saturated rings. The highest BCUT2D eigenvalue weighted by atomic mass is 28.4. The van der Waals surface area contributed by atoms with Crippen molar-refractivity contribution >= 4 is 8.32 Å². The molecule has 1 atom stereocenters. The average molecular weight is 340 g/mol. The van der Waals surface area contributed by atoms with Crippen LogP contribution in [0.1, 0.15) is 38.7 Å². The number of ether oxygens (including phenoxy) is 2. The van der Waals surface area contributed by atoms with E-state index in [9.17, 15) is 0 Å². The molecule has 1 aromatic rings. The molecule has 132 valence electrons. The lowest BCUT2D eigenvalue weighted by molar-refractivity contribution is 0.272. The van der Waals surface area contributed by atoms with Crippen molar-refractivity contribution in [3.8, 4) is 11.5 Å². The first kappa shape index (κ1) is 20.0. The molecule has 0 aromatic heterocycles. The summed E-state index contributed by atoms with van der Waals surface area (Å²) in [7, 11) is 1.59. The summed E-state index contributed by atoms with van der Waals surface area (Å²) in [5.74, 6) is 1.75. The predicted octanol–water partition coefficient (Wildman–Crippen LogP) is 4.16. The van der Waals surface area contributed by atoms with Crippen molar-refractivity contribution in [2.75, 3.05) is 27.4 Å². The van der Waals surface area contributed by atoms with E-state index < -0.39 is 8.32 Å². The zero-order valence-electron chi connectivity index (χ0n) is 15.7. The largest absolute Gasteiger partial charge is 0.493 e. The maximum Gasteiger partial charge on any atom is 0.191 e. The van der Waals surface area contributed by atoms with E-state index in [1.807, 2.05) is 12.1 Å². The van der Waals surface area contributed by atoms with Crippen LogP contribution >= 0.6 is 0 Å². The highest BCUT2D eigenvalue weighted by molar-refractivity contribution is 6.74. The zero-order valence-corrected chi connectivity index (χ0v) is 16.7. The number of benzene rings is 1. The first-order chi connectivity index (χ1) is 10.7. The lowest BCUT2D eigenvalue weighted by atomic mass is 9.96. The quantitative estimate of drug-likeness (QED) is 0.723. The Labute approximate surface area is 142 Å². The van der Waals surface area contributed by atoms with Gasteiger partial charge in [-0.05, 0) is 54.7 Å². The molecule has 4 nitrogen and oxygen atoms in total. The van der Waals surface area contributed by atoms with Crippen LogP contribution in [0.4, 0.5) is 0 Å². The van der Waals surface area contributed by atoms with E-state index in [4.69, 9.17) is 19.6 Å². The first-order valence-electron chi connectivity index (χ1n) is 8.22. The molecule has 0 bridgehead atoms. The molecule has 1 rings (SSSR count). The van der Waals surface area contributed by atoms with E-state index in [1.54, 1.807) is 14.2 Å². The normalized spacial score (nSPS) is 13.7. The minimum atomic E-state index is -1.70. The number of rotatable bonds is 8. The Kier molecular flexibility index (Phi) is 7.11. The van der Waals surface area contributed by atoms with Crippen molar-refractivity contribution in [1.82, 2.24) is 0 Å². The van der Waals surface area contributed by atoms with E-state index in [0.717, 1.165) is 24.5 Å². The fourth-order valence-electron chi connectivity index (χ4n) is 2.20. The van der Waals surface area contributed by atoms with Gasteiger partial charge in [-0.2, -0.15) is 0 Å². The average Bonchev–Trinajstić information content (AvgIpc) is 2.49. The van der Waals surface area contributed by atoms with Crippen molar-refractivity contribution in [2.24, 2.45) is 5.73 Å². The van der Waals surface area contributed by atoms with Gasteiger partial charge in [0.25, 0.3) is 0 Å². The van der Waals surface area contributed by atoms with Gasteiger partial charge in [0.1, 0.15) is 0 Å². The van der Waals surface area contributed by atoms with Gasteiger partial charge in [-0.15, -0.1) is 0 Å². The van der Waals surface area contributed by atoms with Gasteiger partial charge < -0.3 is 19.6 Å². The summed E-state index contributed by atoms with van der Waals surface area (Å²) in [6, 6.07) is 6.01. The number of hydrogen-bond acceptors (Lipinski definition) is 4. The Balaban J connectivity index is 2.75. The lowest BCUT2D eigenvalue weighted by Crippen LogP contribution is -2.41. The Morgan fingerprint density at radius 3 is 2.17 bits per heavy atom. The number of nitrogens with two attached hydrogens (primary N) is 1. The van der Waals surface area contributed by atoms with Crippen molar-refractivity contribution in [3.63, 3.8) is 0 Å². The van der Waals surface area contributed by atoms with Crippen molar-refractivity contribution < 1.29 is 13.9 Å². The van der Waals surface area contributed by atoms with Crippen LogP contribution in [0.3, 0.4) is 0 Å². The van der Waals surface area contributed by atoms with E-state index in [0.29, 0.717) is 6.54 Å². The van der Waals surface area contributed by atoms with Gasteiger partial charge in [-0.1, -0.05) is 26.8 Å². The summed E-state index contributed by atoms with van der Waals surface area (Å²) in [6.07, 6.45) is 0.915. The van der Waals surface area contributed by atoms with E-state index in [-0.39, 0.29) is 11.0 Å². The monoisotopic (exact) mass is 339 g/mol. The summed E-state index contributed by atoms with van der Waals surface area (Å²) in [4.78, 5) is 0. The molecule has 0 amide bonds. The van der Waals surface area contributed by atoms with Crippen molar-refractivity contribution in [2.45, 2.75) is 51.2 Å².